The molecule has 0 saturated heterocycles. The standard InChI is InChI=1S/C25H30N4O5S2/c1-18-7-10-22(11-8-18)27-35(31,32)23-14-12-21(13-15-23)26-25(30)17-29(36(33,34)28(4)5)24-16-19(2)6-9-20(24)3/h6-16,27H,17H2,1-5H3,(H,26,30). The molecule has 3 aromatic carbocycles. The van der Waals surface area contributed by atoms with Crippen molar-refractivity contribution in [3.05, 3.63) is 83.4 Å². The first-order valence-electron chi connectivity index (χ1n) is 11.1. The Balaban J connectivity index is 1.77. The highest BCUT2D eigenvalue weighted by Gasteiger charge is 2.28. The van der Waals surface area contributed by atoms with E-state index in [9.17, 15) is 21.6 Å². The lowest BCUT2D eigenvalue weighted by molar-refractivity contribution is -0.114. The van der Waals surface area contributed by atoms with E-state index in [1.807, 2.05) is 19.9 Å². The van der Waals surface area contributed by atoms with Gasteiger partial charge in [-0.3, -0.25) is 9.52 Å². The van der Waals surface area contributed by atoms with E-state index in [2.05, 4.69) is 10.0 Å². The third kappa shape index (κ3) is 6.42. The SMILES string of the molecule is Cc1ccc(NS(=O)(=O)c2ccc(NC(=O)CN(c3cc(C)ccc3C)S(=O)(=O)N(C)C)cc2)cc1. The van der Waals surface area contributed by atoms with Gasteiger partial charge in [-0.1, -0.05) is 29.8 Å². The highest BCUT2D eigenvalue weighted by atomic mass is 32.2. The minimum Gasteiger partial charge on any atom is -0.325 e. The molecule has 11 heteroatoms. The summed E-state index contributed by atoms with van der Waals surface area (Å²) in [7, 11) is -4.98. The van der Waals surface area contributed by atoms with Crippen LogP contribution in [0.1, 0.15) is 16.7 Å². The van der Waals surface area contributed by atoms with E-state index in [1.165, 1.54) is 38.4 Å². The lowest BCUT2D eigenvalue weighted by Crippen LogP contribution is -2.44. The Morgan fingerprint density at radius 1 is 0.778 bits per heavy atom. The molecule has 192 valence electrons. The van der Waals surface area contributed by atoms with Crippen LogP contribution < -0.4 is 14.3 Å². The van der Waals surface area contributed by atoms with Crippen molar-refractivity contribution in [2.24, 2.45) is 0 Å². The molecule has 0 aliphatic rings. The molecule has 3 rings (SSSR count). The molecule has 0 aromatic heterocycles. The quantitative estimate of drug-likeness (QED) is 0.438. The van der Waals surface area contributed by atoms with Gasteiger partial charge in [0.15, 0.2) is 0 Å². The van der Waals surface area contributed by atoms with E-state index in [-0.39, 0.29) is 4.90 Å². The Kier molecular flexibility index (Phi) is 8.07. The summed E-state index contributed by atoms with van der Waals surface area (Å²) in [5, 5.41) is 2.64. The monoisotopic (exact) mass is 530 g/mol. The number of hydrogen-bond donors (Lipinski definition) is 2. The fraction of sp³-hybridized carbons (Fsp3) is 0.240. The number of hydrogen-bond acceptors (Lipinski definition) is 5. The number of aryl methyl sites for hydroxylation is 3. The van der Waals surface area contributed by atoms with E-state index >= 15 is 0 Å². The van der Waals surface area contributed by atoms with Crippen molar-refractivity contribution < 1.29 is 21.6 Å². The molecule has 0 unspecified atom stereocenters. The van der Waals surface area contributed by atoms with E-state index in [0.29, 0.717) is 22.6 Å². The minimum absolute atomic E-state index is 0.0215. The average Bonchev–Trinajstić information content (AvgIpc) is 2.81. The fourth-order valence-electron chi connectivity index (χ4n) is 3.36. The topological polar surface area (TPSA) is 116 Å². The number of nitrogens with zero attached hydrogens (tertiary/aromatic N) is 2. The zero-order valence-corrected chi connectivity index (χ0v) is 22.4. The van der Waals surface area contributed by atoms with Crippen molar-refractivity contribution in [3.8, 4) is 0 Å². The number of sulfonamides is 1. The third-order valence-corrected chi connectivity index (χ3v) is 8.62. The van der Waals surface area contributed by atoms with Crippen LogP contribution in [0.25, 0.3) is 0 Å². The molecule has 0 bridgehead atoms. The molecule has 1 amide bonds. The first kappa shape index (κ1) is 27.2. The van der Waals surface area contributed by atoms with Crippen molar-refractivity contribution in [1.82, 2.24) is 4.31 Å². The summed E-state index contributed by atoms with van der Waals surface area (Å²) in [6.45, 7) is 5.06. The Bertz CT molecular complexity index is 1450. The van der Waals surface area contributed by atoms with Crippen LogP contribution in [-0.2, 0) is 25.0 Å². The van der Waals surface area contributed by atoms with Gasteiger partial charge in [-0.05, 0) is 74.4 Å². The first-order chi connectivity index (χ1) is 16.8. The summed E-state index contributed by atoms with van der Waals surface area (Å²) in [4.78, 5) is 12.9. The van der Waals surface area contributed by atoms with Crippen molar-refractivity contribution in [1.29, 1.82) is 0 Å². The largest absolute Gasteiger partial charge is 0.325 e. The minimum atomic E-state index is -3.96. The van der Waals surface area contributed by atoms with Gasteiger partial charge in [0.2, 0.25) is 5.91 Å². The molecule has 2 N–H and O–H groups in total. The second-order valence-electron chi connectivity index (χ2n) is 8.63. The molecule has 3 aromatic rings. The van der Waals surface area contributed by atoms with Crippen molar-refractivity contribution in [2.45, 2.75) is 25.7 Å². The average molecular weight is 531 g/mol. The van der Waals surface area contributed by atoms with Crippen LogP contribution >= 0.6 is 0 Å². The molecule has 0 atom stereocenters. The van der Waals surface area contributed by atoms with Gasteiger partial charge in [-0.2, -0.15) is 12.7 Å². The van der Waals surface area contributed by atoms with Gasteiger partial charge in [0, 0.05) is 25.5 Å². The van der Waals surface area contributed by atoms with Gasteiger partial charge in [-0.25, -0.2) is 12.7 Å². The van der Waals surface area contributed by atoms with E-state index in [0.717, 1.165) is 19.7 Å². The second-order valence-corrected chi connectivity index (χ2v) is 12.4. The van der Waals surface area contributed by atoms with Crippen LogP contribution in [0.2, 0.25) is 0 Å². The number of anilines is 3. The predicted molar refractivity (Wildman–Crippen MR) is 143 cm³/mol. The maximum atomic E-state index is 13.0. The number of benzene rings is 3. The van der Waals surface area contributed by atoms with Crippen LogP contribution in [0.15, 0.2) is 71.6 Å². The zero-order chi connectivity index (χ0) is 26.7. The Morgan fingerprint density at radius 2 is 1.33 bits per heavy atom. The third-order valence-electron chi connectivity index (χ3n) is 5.41. The molecule has 0 aliphatic carbocycles. The highest BCUT2D eigenvalue weighted by Crippen LogP contribution is 2.25. The number of amides is 1. The van der Waals surface area contributed by atoms with Crippen LogP contribution in [0.3, 0.4) is 0 Å². The maximum Gasteiger partial charge on any atom is 0.304 e. The fourth-order valence-corrected chi connectivity index (χ4v) is 5.54. The van der Waals surface area contributed by atoms with Crippen molar-refractivity contribution >= 4 is 43.2 Å². The lowest BCUT2D eigenvalue weighted by atomic mass is 10.1. The summed E-state index contributed by atoms with van der Waals surface area (Å²) in [5.74, 6) is -0.574. The van der Waals surface area contributed by atoms with E-state index in [4.69, 9.17) is 0 Å². The number of nitrogens with one attached hydrogen (secondary N) is 2. The molecule has 0 saturated carbocycles. The molecular weight excluding hydrogens is 500 g/mol. The Labute approximate surface area is 213 Å². The zero-order valence-electron chi connectivity index (χ0n) is 20.8. The first-order valence-corrected chi connectivity index (χ1v) is 13.9. The van der Waals surface area contributed by atoms with Crippen molar-refractivity contribution in [3.63, 3.8) is 0 Å². The number of carbonyl (C=O) groups is 1. The van der Waals surface area contributed by atoms with Gasteiger partial charge in [0.05, 0.1) is 10.6 Å². The van der Waals surface area contributed by atoms with Gasteiger partial charge >= 0.3 is 10.2 Å². The maximum absolute atomic E-state index is 13.0. The molecule has 0 spiro atoms. The summed E-state index contributed by atoms with van der Waals surface area (Å²) in [5.41, 5.74) is 3.74. The van der Waals surface area contributed by atoms with Gasteiger partial charge in [0.1, 0.15) is 6.54 Å². The highest BCUT2D eigenvalue weighted by molar-refractivity contribution is 7.92. The predicted octanol–water partition coefficient (Wildman–Crippen LogP) is 3.66. The molecular formula is C25H30N4O5S2. The molecule has 0 radical (unpaired) electrons. The van der Waals surface area contributed by atoms with E-state index < -0.39 is 32.7 Å². The second kappa shape index (κ2) is 10.7. The van der Waals surface area contributed by atoms with E-state index in [1.54, 1.807) is 43.3 Å². The molecule has 36 heavy (non-hydrogen) atoms. The molecule has 0 fully saturated rings. The van der Waals surface area contributed by atoms with Gasteiger partial charge in [-0.15, -0.1) is 0 Å². The normalized spacial score (nSPS) is 11.8. The Hall–Kier alpha value is -3.41. The van der Waals surface area contributed by atoms with Gasteiger partial charge in [0.25, 0.3) is 10.0 Å². The van der Waals surface area contributed by atoms with Crippen LogP contribution in [0.4, 0.5) is 17.1 Å². The number of carbonyl (C=O) groups excluding carboxylic acids is 1. The van der Waals surface area contributed by atoms with Crippen molar-refractivity contribution in [2.75, 3.05) is 35.0 Å². The molecule has 9 nitrogen and oxygen atoms in total. The van der Waals surface area contributed by atoms with Crippen LogP contribution in [-0.4, -0.2) is 47.7 Å². The number of rotatable bonds is 9. The molecule has 0 heterocycles. The van der Waals surface area contributed by atoms with Gasteiger partial charge < -0.3 is 5.32 Å². The smallest absolute Gasteiger partial charge is 0.304 e. The summed E-state index contributed by atoms with van der Waals surface area (Å²) < 4.78 is 56.0. The lowest BCUT2D eigenvalue weighted by Gasteiger charge is -2.28. The summed E-state index contributed by atoms with van der Waals surface area (Å²) in [6, 6.07) is 17.9. The summed E-state index contributed by atoms with van der Waals surface area (Å²) >= 11 is 0. The van der Waals surface area contributed by atoms with Crippen LogP contribution in [0, 0.1) is 20.8 Å². The molecule has 0 aliphatic heterocycles. The Morgan fingerprint density at radius 3 is 1.92 bits per heavy atom. The summed E-state index contributed by atoms with van der Waals surface area (Å²) in [6.07, 6.45) is 0. The van der Waals surface area contributed by atoms with Crippen LogP contribution in [0.5, 0.6) is 0 Å².